The molecule has 24 heavy (non-hydrogen) atoms. The summed E-state index contributed by atoms with van der Waals surface area (Å²) in [6.45, 7) is -0.186. The van der Waals surface area contributed by atoms with E-state index in [2.05, 4.69) is 20.5 Å². The van der Waals surface area contributed by atoms with Gasteiger partial charge in [-0.2, -0.15) is 0 Å². The van der Waals surface area contributed by atoms with Gasteiger partial charge in [0.2, 0.25) is 0 Å². The minimum Gasteiger partial charge on any atom is -0.482 e. The van der Waals surface area contributed by atoms with E-state index < -0.39 is 0 Å². The number of nitrogens with zero attached hydrogens (tertiary/aromatic N) is 4. The van der Waals surface area contributed by atoms with Gasteiger partial charge < -0.3 is 10.1 Å². The van der Waals surface area contributed by atoms with Gasteiger partial charge in [-0.15, -0.1) is 10.2 Å². The van der Waals surface area contributed by atoms with Crippen LogP contribution in [0.2, 0.25) is 10.0 Å². The molecule has 1 aromatic carbocycles. The molecule has 0 saturated carbocycles. The molecule has 0 unspecified atom stereocenters. The summed E-state index contributed by atoms with van der Waals surface area (Å²) in [5.41, 5.74) is 0.544. The number of amides is 1. The Labute approximate surface area is 147 Å². The predicted molar refractivity (Wildman–Crippen MR) is 89.7 cm³/mol. The van der Waals surface area contributed by atoms with Crippen molar-refractivity contribution in [1.29, 1.82) is 0 Å². The Morgan fingerprint density at radius 1 is 1.17 bits per heavy atom. The summed E-state index contributed by atoms with van der Waals surface area (Å²) in [5, 5.41) is 10.9. The number of pyridine rings is 1. The minimum atomic E-state index is -0.333. The van der Waals surface area contributed by atoms with Crippen LogP contribution in [0.25, 0.3) is 5.82 Å². The molecule has 0 aliphatic carbocycles. The van der Waals surface area contributed by atoms with E-state index in [1.165, 1.54) is 18.9 Å². The molecule has 0 saturated heterocycles. The van der Waals surface area contributed by atoms with Gasteiger partial charge in [-0.25, -0.2) is 4.98 Å². The lowest BCUT2D eigenvalue weighted by Crippen LogP contribution is -2.20. The lowest BCUT2D eigenvalue weighted by molar-refractivity contribution is -0.118. The molecule has 0 aliphatic heterocycles. The van der Waals surface area contributed by atoms with Gasteiger partial charge >= 0.3 is 0 Å². The fourth-order valence-electron chi connectivity index (χ4n) is 1.86. The van der Waals surface area contributed by atoms with Gasteiger partial charge in [0.05, 0.1) is 16.9 Å². The van der Waals surface area contributed by atoms with Crippen molar-refractivity contribution in [3.63, 3.8) is 0 Å². The third kappa shape index (κ3) is 4.01. The molecular formula is C15H11Cl2N5O2. The lowest BCUT2D eigenvalue weighted by Gasteiger charge is -2.09. The largest absolute Gasteiger partial charge is 0.482 e. The molecule has 1 amide bonds. The summed E-state index contributed by atoms with van der Waals surface area (Å²) >= 11 is 11.8. The van der Waals surface area contributed by atoms with Crippen molar-refractivity contribution in [2.24, 2.45) is 0 Å². The highest BCUT2D eigenvalue weighted by Gasteiger charge is 2.07. The summed E-state index contributed by atoms with van der Waals surface area (Å²) in [6.07, 6.45) is 4.59. The predicted octanol–water partition coefficient (Wildman–Crippen LogP) is 2.99. The summed E-state index contributed by atoms with van der Waals surface area (Å²) in [7, 11) is 0. The van der Waals surface area contributed by atoms with Gasteiger partial charge in [0.25, 0.3) is 5.91 Å². The summed E-state index contributed by atoms with van der Waals surface area (Å²) in [5.74, 6) is 0.694. The Hall–Kier alpha value is -2.64. The van der Waals surface area contributed by atoms with E-state index in [1.807, 2.05) is 0 Å². The van der Waals surface area contributed by atoms with E-state index in [0.717, 1.165) is 0 Å². The molecule has 122 valence electrons. The van der Waals surface area contributed by atoms with E-state index in [0.29, 0.717) is 27.3 Å². The molecule has 0 radical (unpaired) electrons. The highest BCUT2D eigenvalue weighted by atomic mass is 35.5. The van der Waals surface area contributed by atoms with E-state index in [-0.39, 0.29) is 12.5 Å². The standard InChI is InChI=1S/C15H11Cl2N5O2/c16-10-1-3-13(12(17)5-10)24-7-15(23)21-11-2-4-14(18-6-11)22-8-19-20-9-22/h1-6,8-9H,7H2,(H,21,23). The minimum absolute atomic E-state index is 0.186. The molecule has 3 rings (SSSR count). The molecule has 0 fully saturated rings. The van der Waals surface area contributed by atoms with Crippen molar-refractivity contribution in [3.05, 3.63) is 59.2 Å². The van der Waals surface area contributed by atoms with Crippen molar-refractivity contribution < 1.29 is 9.53 Å². The van der Waals surface area contributed by atoms with Crippen molar-refractivity contribution in [2.45, 2.75) is 0 Å². The highest BCUT2D eigenvalue weighted by molar-refractivity contribution is 6.35. The van der Waals surface area contributed by atoms with Crippen LogP contribution in [-0.4, -0.2) is 32.3 Å². The zero-order valence-electron chi connectivity index (χ0n) is 12.2. The molecule has 9 heteroatoms. The summed E-state index contributed by atoms with van der Waals surface area (Å²) in [4.78, 5) is 16.1. The third-order valence-electron chi connectivity index (χ3n) is 2.97. The Balaban J connectivity index is 1.56. The van der Waals surface area contributed by atoms with E-state index in [1.54, 1.807) is 34.9 Å². The maximum Gasteiger partial charge on any atom is 0.262 e. The number of carbonyl (C=O) groups is 1. The van der Waals surface area contributed by atoms with Crippen molar-refractivity contribution in [1.82, 2.24) is 19.7 Å². The average molecular weight is 364 g/mol. The van der Waals surface area contributed by atoms with Crippen LogP contribution in [0.5, 0.6) is 5.75 Å². The van der Waals surface area contributed by atoms with Crippen LogP contribution in [0.1, 0.15) is 0 Å². The van der Waals surface area contributed by atoms with Gasteiger partial charge in [-0.1, -0.05) is 23.2 Å². The van der Waals surface area contributed by atoms with Gasteiger partial charge in [-0.05, 0) is 30.3 Å². The summed E-state index contributed by atoms with van der Waals surface area (Å²) < 4.78 is 7.01. The van der Waals surface area contributed by atoms with Crippen molar-refractivity contribution in [2.75, 3.05) is 11.9 Å². The van der Waals surface area contributed by atoms with Gasteiger partial charge in [-0.3, -0.25) is 9.36 Å². The summed E-state index contributed by atoms with van der Waals surface area (Å²) in [6, 6.07) is 8.23. The molecule has 3 aromatic rings. The molecule has 2 heterocycles. The van der Waals surface area contributed by atoms with E-state index in [9.17, 15) is 4.79 Å². The van der Waals surface area contributed by atoms with E-state index >= 15 is 0 Å². The zero-order valence-corrected chi connectivity index (χ0v) is 13.7. The molecule has 7 nitrogen and oxygen atoms in total. The van der Waals surface area contributed by atoms with Crippen molar-refractivity contribution in [3.8, 4) is 11.6 Å². The first kappa shape index (κ1) is 16.2. The van der Waals surface area contributed by atoms with Crippen molar-refractivity contribution >= 4 is 34.8 Å². The van der Waals surface area contributed by atoms with Crippen LogP contribution in [0.3, 0.4) is 0 Å². The van der Waals surface area contributed by atoms with E-state index in [4.69, 9.17) is 27.9 Å². The average Bonchev–Trinajstić information content (AvgIpc) is 3.09. The topological polar surface area (TPSA) is 81.9 Å². The molecule has 0 atom stereocenters. The molecule has 0 bridgehead atoms. The van der Waals surface area contributed by atoms with Crippen LogP contribution in [-0.2, 0) is 4.79 Å². The second kappa shape index (κ2) is 7.29. The van der Waals surface area contributed by atoms with Crippen LogP contribution in [0.15, 0.2) is 49.2 Å². The second-order valence-electron chi connectivity index (χ2n) is 4.69. The number of carbonyl (C=O) groups excluding carboxylic acids is 1. The number of halogens is 2. The molecular weight excluding hydrogens is 353 g/mol. The number of aromatic nitrogens is 4. The smallest absolute Gasteiger partial charge is 0.262 e. The normalized spacial score (nSPS) is 10.4. The lowest BCUT2D eigenvalue weighted by atomic mass is 10.3. The van der Waals surface area contributed by atoms with Crippen LogP contribution in [0, 0.1) is 0 Å². The first-order valence-electron chi connectivity index (χ1n) is 6.80. The molecule has 0 aliphatic rings. The number of anilines is 1. The zero-order chi connectivity index (χ0) is 16.9. The quantitative estimate of drug-likeness (QED) is 0.753. The number of nitrogens with one attached hydrogen (secondary N) is 1. The number of hydrogen-bond donors (Lipinski definition) is 1. The Morgan fingerprint density at radius 2 is 1.96 bits per heavy atom. The third-order valence-corrected chi connectivity index (χ3v) is 3.50. The second-order valence-corrected chi connectivity index (χ2v) is 5.53. The first-order valence-corrected chi connectivity index (χ1v) is 7.56. The maximum absolute atomic E-state index is 11.9. The van der Waals surface area contributed by atoms with Crippen LogP contribution >= 0.6 is 23.2 Å². The fraction of sp³-hybridized carbons (Fsp3) is 0.0667. The van der Waals surface area contributed by atoms with Gasteiger partial charge in [0, 0.05) is 5.02 Å². The fourth-order valence-corrected chi connectivity index (χ4v) is 2.33. The van der Waals surface area contributed by atoms with Crippen LogP contribution in [0.4, 0.5) is 5.69 Å². The number of hydrogen-bond acceptors (Lipinski definition) is 5. The van der Waals surface area contributed by atoms with Gasteiger partial charge in [0.1, 0.15) is 24.2 Å². The maximum atomic E-state index is 11.9. The number of rotatable bonds is 5. The number of ether oxygens (including phenoxy) is 1. The van der Waals surface area contributed by atoms with Gasteiger partial charge in [0.15, 0.2) is 6.61 Å². The molecule has 1 N–H and O–H groups in total. The number of benzene rings is 1. The Bertz CT molecular complexity index is 838. The Kier molecular flexibility index (Phi) is 4.93. The first-order chi connectivity index (χ1) is 11.6. The Morgan fingerprint density at radius 3 is 2.62 bits per heavy atom. The molecule has 0 spiro atoms. The SMILES string of the molecule is O=C(COc1ccc(Cl)cc1Cl)Nc1ccc(-n2cnnc2)nc1. The van der Waals surface area contributed by atoms with Crippen LogP contribution < -0.4 is 10.1 Å². The highest BCUT2D eigenvalue weighted by Crippen LogP contribution is 2.27. The monoisotopic (exact) mass is 363 g/mol. The molecule has 2 aromatic heterocycles.